The van der Waals surface area contributed by atoms with Gasteiger partial charge in [0.05, 0.1) is 18.4 Å². The topological polar surface area (TPSA) is 73.2 Å². The Hall–Kier alpha value is -2.41. The van der Waals surface area contributed by atoms with Crippen molar-refractivity contribution in [1.82, 2.24) is 9.78 Å². The molecule has 1 atom stereocenters. The van der Waals surface area contributed by atoms with Gasteiger partial charge in [-0.05, 0) is 57.6 Å². The second-order valence-corrected chi connectivity index (χ2v) is 8.37. The number of carbonyl (C=O) groups is 2. The first kappa shape index (κ1) is 21.3. The molecule has 6 nitrogen and oxygen atoms in total. The first-order valence-corrected chi connectivity index (χ1v) is 11.1. The predicted octanol–water partition coefficient (Wildman–Crippen LogP) is 4.62. The summed E-state index contributed by atoms with van der Waals surface area (Å²) in [6, 6.07) is 0. The van der Waals surface area contributed by atoms with Crippen LogP contribution in [0.2, 0.25) is 0 Å². The SMILES string of the molecule is CCOC(=O)c1c(NC(=O)/C=C\c2cnn(CC)c2C)sc2c1CC[C@H](CC)C2. The van der Waals surface area contributed by atoms with E-state index in [-0.39, 0.29) is 11.9 Å². The van der Waals surface area contributed by atoms with Crippen LogP contribution >= 0.6 is 11.3 Å². The van der Waals surface area contributed by atoms with E-state index in [1.165, 1.54) is 22.3 Å². The van der Waals surface area contributed by atoms with Gasteiger partial charge in [-0.15, -0.1) is 11.3 Å². The molecule has 0 saturated heterocycles. The number of ether oxygens (including phenoxy) is 1. The van der Waals surface area contributed by atoms with E-state index in [4.69, 9.17) is 4.74 Å². The molecule has 156 valence electrons. The number of aromatic nitrogens is 2. The molecule has 3 rings (SSSR count). The van der Waals surface area contributed by atoms with E-state index < -0.39 is 0 Å². The highest BCUT2D eigenvalue weighted by Crippen LogP contribution is 2.40. The van der Waals surface area contributed by atoms with Gasteiger partial charge in [0.2, 0.25) is 5.91 Å². The summed E-state index contributed by atoms with van der Waals surface area (Å²) in [6.45, 7) is 9.10. The van der Waals surface area contributed by atoms with Crippen LogP contribution in [-0.4, -0.2) is 28.3 Å². The molecular formula is C22H29N3O3S. The van der Waals surface area contributed by atoms with Gasteiger partial charge in [-0.1, -0.05) is 13.3 Å². The molecule has 1 aliphatic carbocycles. The molecule has 2 aromatic rings. The number of nitrogens with one attached hydrogen (secondary N) is 1. The van der Waals surface area contributed by atoms with E-state index in [0.717, 1.165) is 49.0 Å². The summed E-state index contributed by atoms with van der Waals surface area (Å²) in [5.74, 6) is 0.0295. The van der Waals surface area contributed by atoms with Crippen LogP contribution in [0.3, 0.4) is 0 Å². The molecular weight excluding hydrogens is 386 g/mol. The zero-order chi connectivity index (χ0) is 21.0. The van der Waals surface area contributed by atoms with Crippen LogP contribution < -0.4 is 5.32 Å². The molecule has 1 amide bonds. The standard InChI is InChI=1S/C22H29N3O3S/c1-5-15-8-10-17-18(12-15)29-21(20(17)22(27)28-7-3)24-19(26)11-9-16-13-23-25(6-2)14(16)4/h9,11,13,15H,5-8,10,12H2,1-4H3,(H,24,26)/b11-9-/t15-/m0/s1. The van der Waals surface area contributed by atoms with Crippen molar-refractivity contribution in [2.45, 2.75) is 59.9 Å². The summed E-state index contributed by atoms with van der Waals surface area (Å²) in [6.07, 6.45) is 9.02. The molecule has 7 heteroatoms. The Morgan fingerprint density at radius 3 is 2.83 bits per heavy atom. The van der Waals surface area contributed by atoms with Gasteiger partial charge in [0.15, 0.2) is 0 Å². The molecule has 1 N–H and O–H groups in total. The number of amides is 1. The summed E-state index contributed by atoms with van der Waals surface area (Å²) in [4.78, 5) is 26.4. The first-order valence-electron chi connectivity index (χ1n) is 10.3. The highest BCUT2D eigenvalue weighted by atomic mass is 32.1. The third-order valence-electron chi connectivity index (χ3n) is 5.52. The van der Waals surface area contributed by atoms with Crippen molar-refractivity contribution in [3.05, 3.63) is 39.5 Å². The lowest BCUT2D eigenvalue weighted by molar-refractivity contribution is -0.111. The number of esters is 1. The minimum absolute atomic E-state index is 0.259. The molecule has 0 saturated carbocycles. The highest BCUT2D eigenvalue weighted by molar-refractivity contribution is 7.17. The van der Waals surface area contributed by atoms with Crippen LogP contribution in [0.1, 0.15) is 65.7 Å². The van der Waals surface area contributed by atoms with Crippen molar-refractivity contribution in [3.63, 3.8) is 0 Å². The number of hydrogen-bond donors (Lipinski definition) is 1. The average molecular weight is 416 g/mol. The molecule has 1 aliphatic rings. The molecule has 0 bridgehead atoms. The van der Waals surface area contributed by atoms with E-state index in [2.05, 4.69) is 17.3 Å². The van der Waals surface area contributed by atoms with Crippen LogP contribution in [-0.2, 0) is 28.9 Å². The largest absolute Gasteiger partial charge is 0.462 e. The van der Waals surface area contributed by atoms with Crippen molar-refractivity contribution < 1.29 is 14.3 Å². The van der Waals surface area contributed by atoms with E-state index in [1.54, 1.807) is 19.2 Å². The fraction of sp³-hybridized carbons (Fsp3) is 0.500. The Labute approximate surface area is 176 Å². The minimum atomic E-state index is -0.348. The zero-order valence-corrected chi connectivity index (χ0v) is 18.4. The molecule has 0 spiro atoms. The maximum atomic E-state index is 12.6. The van der Waals surface area contributed by atoms with E-state index in [0.29, 0.717) is 23.1 Å². The van der Waals surface area contributed by atoms with E-state index in [9.17, 15) is 9.59 Å². The Morgan fingerprint density at radius 1 is 1.38 bits per heavy atom. The van der Waals surface area contributed by atoms with Crippen molar-refractivity contribution in [3.8, 4) is 0 Å². The van der Waals surface area contributed by atoms with E-state index >= 15 is 0 Å². The third-order valence-corrected chi connectivity index (χ3v) is 6.69. The number of carbonyl (C=O) groups excluding carboxylic acids is 2. The van der Waals surface area contributed by atoms with Gasteiger partial charge in [0.25, 0.3) is 0 Å². The van der Waals surface area contributed by atoms with Gasteiger partial charge >= 0.3 is 5.97 Å². The summed E-state index contributed by atoms with van der Waals surface area (Å²) >= 11 is 1.51. The quantitative estimate of drug-likeness (QED) is 0.529. The van der Waals surface area contributed by atoms with Gasteiger partial charge in [-0.3, -0.25) is 9.48 Å². The number of fused-ring (bicyclic) bond motifs is 1. The second kappa shape index (κ2) is 9.39. The monoisotopic (exact) mass is 415 g/mol. The van der Waals surface area contributed by atoms with Gasteiger partial charge < -0.3 is 10.1 Å². The zero-order valence-electron chi connectivity index (χ0n) is 17.6. The normalized spacial score (nSPS) is 16.1. The first-order chi connectivity index (χ1) is 14.0. The number of aryl methyl sites for hydroxylation is 1. The molecule has 2 heterocycles. The number of nitrogens with zero attached hydrogens (tertiary/aromatic N) is 2. The fourth-order valence-electron chi connectivity index (χ4n) is 3.77. The summed E-state index contributed by atoms with van der Waals surface area (Å²) in [7, 11) is 0. The number of rotatable bonds is 7. The molecule has 29 heavy (non-hydrogen) atoms. The molecule has 0 unspecified atom stereocenters. The molecule has 2 aromatic heterocycles. The van der Waals surface area contributed by atoms with Crippen molar-refractivity contribution in [2.24, 2.45) is 5.92 Å². The third kappa shape index (κ3) is 4.61. The van der Waals surface area contributed by atoms with Gasteiger partial charge in [0.1, 0.15) is 5.00 Å². The number of hydrogen-bond acceptors (Lipinski definition) is 5. The fourth-order valence-corrected chi connectivity index (χ4v) is 5.13. The van der Waals surface area contributed by atoms with Crippen LogP contribution in [0.25, 0.3) is 6.08 Å². The van der Waals surface area contributed by atoms with Crippen LogP contribution in [0.15, 0.2) is 12.3 Å². The summed E-state index contributed by atoms with van der Waals surface area (Å²) in [5.41, 5.74) is 3.51. The minimum Gasteiger partial charge on any atom is -0.462 e. The maximum Gasteiger partial charge on any atom is 0.341 e. The maximum absolute atomic E-state index is 12.6. The van der Waals surface area contributed by atoms with Crippen LogP contribution in [0, 0.1) is 12.8 Å². The van der Waals surface area contributed by atoms with Crippen molar-refractivity contribution in [1.29, 1.82) is 0 Å². The van der Waals surface area contributed by atoms with Crippen LogP contribution in [0.5, 0.6) is 0 Å². The molecule has 0 aliphatic heterocycles. The smallest absolute Gasteiger partial charge is 0.341 e. The Kier molecular flexibility index (Phi) is 6.90. The average Bonchev–Trinajstić information content (AvgIpc) is 3.25. The lowest BCUT2D eigenvalue weighted by atomic mass is 9.85. The van der Waals surface area contributed by atoms with Crippen LogP contribution in [0.4, 0.5) is 5.00 Å². The lowest BCUT2D eigenvalue weighted by Gasteiger charge is -2.20. The predicted molar refractivity (Wildman–Crippen MR) is 116 cm³/mol. The number of anilines is 1. The number of thiophene rings is 1. The molecule has 0 radical (unpaired) electrons. The highest BCUT2D eigenvalue weighted by Gasteiger charge is 2.29. The van der Waals surface area contributed by atoms with E-state index in [1.807, 2.05) is 18.5 Å². The van der Waals surface area contributed by atoms with Gasteiger partial charge in [-0.25, -0.2) is 4.79 Å². The Balaban J connectivity index is 1.82. The van der Waals surface area contributed by atoms with Crippen molar-refractivity contribution >= 4 is 34.3 Å². The Morgan fingerprint density at radius 2 is 2.17 bits per heavy atom. The summed E-state index contributed by atoms with van der Waals surface area (Å²) < 4.78 is 7.16. The molecule has 0 fully saturated rings. The van der Waals surface area contributed by atoms with Crippen molar-refractivity contribution in [2.75, 3.05) is 11.9 Å². The summed E-state index contributed by atoms with van der Waals surface area (Å²) in [5, 5.41) is 7.80. The Bertz CT molecular complexity index is 926. The van der Waals surface area contributed by atoms with Gasteiger partial charge in [0, 0.05) is 28.8 Å². The van der Waals surface area contributed by atoms with Gasteiger partial charge in [-0.2, -0.15) is 5.10 Å². The lowest BCUT2D eigenvalue weighted by Crippen LogP contribution is -2.16. The second-order valence-electron chi connectivity index (χ2n) is 7.27. The molecule has 0 aromatic carbocycles.